The van der Waals surface area contributed by atoms with Gasteiger partial charge in [0, 0.05) is 24.4 Å². The Balaban J connectivity index is 2.21. The third-order valence-corrected chi connectivity index (χ3v) is 3.95. The quantitative estimate of drug-likeness (QED) is 0.557. The number of hydrogen-bond donors (Lipinski definition) is 3. The van der Waals surface area contributed by atoms with Gasteiger partial charge in [-0.2, -0.15) is 0 Å². The van der Waals surface area contributed by atoms with Gasteiger partial charge in [-0.1, -0.05) is 23.2 Å². The molecule has 0 fully saturated rings. The lowest BCUT2D eigenvalue weighted by Crippen LogP contribution is -2.28. The Hall–Kier alpha value is -2.23. The summed E-state index contributed by atoms with van der Waals surface area (Å²) in [6, 6.07) is 5.64. The van der Waals surface area contributed by atoms with E-state index in [-0.39, 0.29) is 40.9 Å². The van der Waals surface area contributed by atoms with Gasteiger partial charge in [-0.05, 0) is 23.8 Å². The number of alkyl halides is 3. The summed E-state index contributed by atoms with van der Waals surface area (Å²) in [7, 11) is 0. The molecular weight excluding hydrogens is 427 g/mol. The maximum absolute atomic E-state index is 13.9. The van der Waals surface area contributed by atoms with Gasteiger partial charge in [-0.25, -0.2) is 4.39 Å². The molecule has 0 heterocycles. The van der Waals surface area contributed by atoms with Crippen LogP contribution < -0.4 is 15.4 Å². The Morgan fingerprint density at radius 2 is 1.79 bits per heavy atom. The van der Waals surface area contributed by atoms with Crippen molar-refractivity contribution in [2.45, 2.75) is 12.8 Å². The molecule has 0 aromatic heterocycles. The molecule has 0 saturated carbocycles. The Morgan fingerprint density at radius 1 is 1.14 bits per heavy atom. The molecule has 2 rings (SSSR count). The maximum atomic E-state index is 13.9. The Morgan fingerprint density at radius 3 is 2.36 bits per heavy atom. The highest BCUT2D eigenvalue weighted by molar-refractivity contribution is 6.39. The predicted molar refractivity (Wildman–Crippen MR) is 96.6 cm³/mol. The maximum Gasteiger partial charge on any atom is 0.573 e. The first-order valence-electron chi connectivity index (χ1n) is 7.77. The summed E-state index contributed by atoms with van der Waals surface area (Å²) in [6.45, 7) is -0.211. The molecule has 0 radical (unpaired) electrons. The minimum absolute atomic E-state index is 0.0377. The van der Waals surface area contributed by atoms with Crippen molar-refractivity contribution >= 4 is 40.5 Å². The third-order valence-electron chi connectivity index (χ3n) is 3.35. The molecule has 0 aliphatic carbocycles. The van der Waals surface area contributed by atoms with Crippen LogP contribution in [0, 0.1) is 5.82 Å². The molecule has 0 bridgehead atoms. The van der Waals surface area contributed by atoms with Gasteiger partial charge in [0.2, 0.25) is 5.91 Å². The van der Waals surface area contributed by atoms with Crippen molar-refractivity contribution in [3.8, 4) is 5.75 Å². The second kappa shape index (κ2) is 9.31. The number of carbonyl (C=O) groups excluding carboxylic acids is 1. The fourth-order valence-electron chi connectivity index (χ4n) is 2.22. The van der Waals surface area contributed by atoms with E-state index in [1.807, 2.05) is 0 Å². The van der Waals surface area contributed by atoms with Crippen LogP contribution in [0.4, 0.5) is 28.9 Å². The first-order valence-corrected chi connectivity index (χ1v) is 8.52. The molecule has 2 aromatic carbocycles. The average Bonchev–Trinajstić information content (AvgIpc) is 2.57. The van der Waals surface area contributed by atoms with E-state index in [1.165, 1.54) is 12.1 Å². The van der Waals surface area contributed by atoms with Gasteiger partial charge in [0.25, 0.3) is 0 Å². The first-order chi connectivity index (χ1) is 13.1. The van der Waals surface area contributed by atoms with Crippen LogP contribution in [0.15, 0.2) is 30.3 Å². The lowest BCUT2D eigenvalue weighted by molar-refractivity contribution is -0.274. The summed E-state index contributed by atoms with van der Waals surface area (Å²) in [4.78, 5) is 11.7. The van der Waals surface area contributed by atoms with Crippen molar-refractivity contribution in [3.63, 3.8) is 0 Å². The monoisotopic (exact) mass is 440 g/mol. The van der Waals surface area contributed by atoms with Gasteiger partial charge in [0.15, 0.2) is 0 Å². The normalized spacial score (nSPS) is 11.2. The van der Waals surface area contributed by atoms with Gasteiger partial charge in [-0.3, -0.25) is 4.79 Å². The van der Waals surface area contributed by atoms with E-state index in [1.54, 1.807) is 0 Å². The lowest BCUT2D eigenvalue weighted by atomic mass is 10.1. The molecule has 0 unspecified atom stereocenters. The molecule has 152 valence electrons. The van der Waals surface area contributed by atoms with E-state index in [4.69, 9.17) is 28.3 Å². The highest BCUT2D eigenvalue weighted by Crippen LogP contribution is 2.38. The largest absolute Gasteiger partial charge is 0.573 e. The highest BCUT2D eigenvalue weighted by Gasteiger charge is 2.31. The van der Waals surface area contributed by atoms with E-state index in [2.05, 4.69) is 15.4 Å². The Labute approximate surface area is 167 Å². The molecule has 3 N–H and O–H groups in total. The van der Waals surface area contributed by atoms with Crippen LogP contribution in [0.25, 0.3) is 0 Å². The summed E-state index contributed by atoms with van der Waals surface area (Å²) in [5, 5.41) is 13.5. The van der Waals surface area contributed by atoms with Crippen LogP contribution >= 0.6 is 23.2 Å². The van der Waals surface area contributed by atoms with Gasteiger partial charge in [0.1, 0.15) is 11.6 Å². The number of aliphatic hydroxyl groups is 1. The van der Waals surface area contributed by atoms with Crippen molar-refractivity contribution in [1.29, 1.82) is 0 Å². The molecule has 0 saturated heterocycles. The molecule has 0 atom stereocenters. The molecule has 5 nitrogen and oxygen atoms in total. The third kappa shape index (κ3) is 6.43. The fraction of sp³-hybridized carbons (Fsp3) is 0.235. The van der Waals surface area contributed by atoms with E-state index in [9.17, 15) is 22.4 Å². The summed E-state index contributed by atoms with van der Waals surface area (Å²) in [5.41, 5.74) is 0.449. The predicted octanol–water partition coefficient (Wildman–Crippen LogP) is 4.43. The SMILES string of the molecule is O=C(Cc1cc(Nc2c(Cl)cc(OC(F)(F)F)cc2Cl)ccc1F)NCCO. The number of amides is 1. The van der Waals surface area contributed by atoms with Crippen molar-refractivity contribution < 1.29 is 32.2 Å². The topological polar surface area (TPSA) is 70.6 Å². The second-order valence-electron chi connectivity index (χ2n) is 5.49. The van der Waals surface area contributed by atoms with Crippen molar-refractivity contribution in [3.05, 3.63) is 51.8 Å². The van der Waals surface area contributed by atoms with Gasteiger partial charge in [-0.15, -0.1) is 13.2 Å². The zero-order chi connectivity index (χ0) is 20.9. The highest BCUT2D eigenvalue weighted by atomic mass is 35.5. The van der Waals surface area contributed by atoms with E-state index in [0.717, 1.165) is 18.2 Å². The number of carbonyl (C=O) groups is 1. The zero-order valence-corrected chi connectivity index (χ0v) is 15.6. The van der Waals surface area contributed by atoms with Crippen LogP contribution in [0.2, 0.25) is 10.0 Å². The zero-order valence-electron chi connectivity index (χ0n) is 14.0. The molecule has 2 aromatic rings. The lowest BCUT2D eigenvalue weighted by Gasteiger charge is -2.15. The number of anilines is 2. The van der Waals surface area contributed by atoms with E-state index < -0.39 is 23.8 Å². The smallest absolute Gasteiger partial charge is 0.406 e. The van der Waals surface area contributed by atoms with E-state index >= 15 is 0 Å². The number of rotatable bonds is 7. The molecule has 0 aliphatic heterocycles. The Kier molecular flexibility index (Phi) is 7.34. The first kappa shape index (κ1) is 22.1. The van der Waals surface area contributed by atoms with Crippen LogP contribution in [0.3, 0.4) is 0 Å². The Bertz CT molecular complexity index is 840. The average molecular weight is 441 g/mol. The minimum atomic E-state index is -4.90. The van der Waals surface area contributed by atoms with Crippen molar-refractivity contribution in [2.24, 2.45) is 0 Å². The summed E-state index contributed by atoms with van der Waals surface area (Å²) in [6.07, 6.45) is -5.18. The summed E-state index contributed by atoms with van der Waals surface area (Å²) < 4.78 is 54.6. The molecular formula is C17H14Cl2F4N2O3. The fourth-order valence-corrected chi connectivity index (χ4v) is 2.79. The van der Waals surface area contributed by atoms with Gasteiger partial charge in [0.05, 0.1) is 28.8 Å². The summed E-state index contributed by atoms with van der Waals surface area (Å²) in [5.74, 6) is -1.71. The van der Waals surface area contributed by atoms with Gasteiger partial charge >= 0.3 is 6.36 Å². The van der Waals surface area contributed by atoms with Crippen molar-refractivity contribution in [1.82, 2.24) is 5.32 Å². The molecule has 0 aliphatic rings. The number of aliphatic hydroxyl groups excluding tert-OH is 1. The van der Waals surface area contributed by atoms with E-state index in [0.29, 0.717) is 5.69 Å². The van der Waals surface area contributed by atoms with Crippen molar-refractivity contribution in [2.75, 3.05) is 18.5 Å². The number of hydrogen-bond acceptors (Lipinski definition) is 4. The standard InChI is InChI=1S/C17H14Cl2F4N2O3/c18-12-7-11(28-17(21,22)23)8-13(19)16(12)25-10-1-2-14(20)9(5-10)6-15(27)24-3-4-26/h1-2,5,7-8,25-26H,3-4,6H2,(H,24,27). The van der Waals surface area contributed by atoms with Crippen LogP contribution in [0.5, 0.6) is 5.75 Å². The second-order valence-corrected chi connectivity index (χ2v) is 6.31. The summed E-state index contributed by atoms with van der Waals surface area (Å²) >= 11 is 11.9. The number of nitrogens with one attached hydrogen (secondary N) is 2. The van der Waals surface area contributed by atoms with Crippen LogP contribution in [0.1, 0.15) is 5.56 Å². The van der Waals surface area contributed by atoms with Crippen LogP contribution in [-0.4, -0.2) is 30.5 Å². The number of ether oxygens (including phenoxy) is 1. The number of benzene rings is 2. The van der Waals surface area contributed by atoms with Crippen LogP contribution in [-0.2, 0) is 11.2 Å². The molecule has 1 amide bonds. The number of halogens is 6. The molecule has 11 heteroatoms. The molecule has 28 heavy (non-hydrogen) atoms. The van der Waals surface area contributed by atoms with Gasteiger partial charge < -0.3 is 20.5 Å². The molecule has 0 spiro atoms. The minimum Gasteiger partial charge on any atom is -0.406 e.